The van der Waals surface area contributed by atoms with Crippen LogP contribution in [0.2, 0.25) is 5.82 Å². The Kier molecular flexibility index (Phi) is 7.25. The van der Waals surface area contributed by atoms with E-state index in [2.05, 4.69) is 30.1 Å². The van der Waals surface area contributed by atoms with Crippen molar-refractivity contribution in [1.82, 2.24) is 0 Å². The molecule has 2 atom stereocenters. The van der Waals surface area contributed by atoms with Gasteiger partial charge in [0, 0.05) is 0 Å². The first kappa shape index (κ1) is 18.9. The van der Waals surface area contributed by atoms with Crippen molar-refractivity contribution >= 4 is 25.1 Å². The van der Waals surface area contributed by atoms with Gasteiger partial charge in [-0.25, -0.2) is 0 Å². The predicted molar refractivity (Wildman–Crippen MR) is 98.7 cm³/mol. The van der Waals surface area contributed by atoms with E-state index in [9.17, 15) is 8.42 Å². The third-order valence-corrected chi connectivity index (χ3v) is 7.10. The summed E-state index contributed by atoms with van der Waals surface area (Å²) in [6.45, 7) is 1.74. The molecule has 24 heavy (non-hydrogen) atoms. The van der Waals surface area contributed by atoms with Gasteiger partial charge in [-0.3, -0.25) is 0 Å². The molecule has 2 unspecified atom stereocenters. The summed E-state index contributed by atoms with van der Waals surface area (Å²) in [6, 6.07) is 18.6. The van der Waals surface area contributed by atoms with Crippen molar-refractivity contribution in [1.29, 1.82) is 0 Å². The Morgan fingerprint density at radius 1 is 1.04 bits per heavy atom. The van der Waals surface area contributed by atoms with E-state index in [-0.39, 0.29) is 4.90 Å². The Balaban J connectivity index is 1.94. The van der Waals surface area contributed by atoms with Crippen LogP contribution < -0.4 is 0 Å². The number of hydrogen-bond donors (Lipinski definition) is 0. The number of rotatable bonds is 8. The van der Waals surface area contributed by atoms with E-state index in [0.29, 0.717) is 19.8 Å². The zero-order chi connectivity index (χ0) is 17.4. The van der Waals surface area contributed by atoms with Gasteiger partial charge in [-0.05, 0) is 0 Å². The molecule has 2 rings (SSSR count). The van der Waals surface area contributed by atoms with Crippen molar-refractivity contribution in [2.24, 2.45) is 0 Å². The average Bonchev–Trinajstić information content (AvgIpc) is 2.60. The second kappa shape index (κ2) is 9.19. The van der Waals surface area contributed by atoms with Gasteiger partial charge in [0.2, 0.25) is 0 Å². The monoisotopic (exact) mass is 410 g/mol. The molecule has 2 aromatic carbocycles. The fourth-order valence-electron chi connectivity index (χ4n) is 2.30. The molecular weight excluding hydrogens is 387 g/mol. The SMILES string of the molecule is C[Se]C(C/C=C/C(C)OS(=O)(=O)c1ccccc1)c1ccccc1. The first-order valence-electron chi connectivity index (χ1n) is 7.75. The molecule has 0 aliphatic heterocycles. The van der Waals surface area contributed by atoms with Crippen LogP contribution in [0.3, 0.4) is 0 Å². The Morgan fingerprint density at radius 3 is 2.21 bits per heavy atom. The first-order valence-corrected chi connectivity index (χ1v) is 11.9. The molecule has 5 heteroatoms. The second-order valence-electron chi connectivity index (χ2n) is 5.37. The third-order valence-electron chi connectivity index (χ3n) is 3.52. The molecule has 0 saturated carbocycles. The van der Waals surface area contributed by atoms with E-state index in [4.69, 9.17) is 4.18 Å². The van der Waals surface area contributed by atoms with Crippen molar-refractivity contribution in [3.05, 3.63) is 78.4 Å². The van der Waals surface area contributed by atoms with Gasteiger partial charge >= 0.3 is 151 Å². The Morgan fingerprint density at radius 2 is 1.62 bits per heavy atom. The summed E-state index contributed by atoms with van der Waals surface area (Å²) in [4.78, 5) is 0.678. The molecule has 3 nitrogen and oxygen atoms in total. The van der Waals surface area contributed by atoms with Crippen LogP contribution in [0.15, 0.2) is 77.7 Å². The second-order valence-corrected chi connectivity index (χ2v) is 9.12. The Bertz CT molecular complexity index is 743. The third kappa shape index (κ3) is 5.60. The molecule has 0 N–H and O–H groups in total. The topological polar surface area (TPSA) is 43.4 Å². The van der Waals surface area contributed by atoms with Crippen molar-refractivity contribution < 1.29 is 12.6 Å². The van der Waals surface area contributed by atoms with Crippen molar-refractivity contribution in [2.45, 2.75) is 35.0 Å². The molecule has 0 fully saturated rings. The minimum atomic E-state index is -3.72. The fourth-order valence-corrected chi connectivity index (χ4v) is 4.91. The summed E-state index contributed by atoms with van der Waals surface area (Å²) in [6.07, 6.45) is 4.24. The maximum atomic E-state index is 12.2. The normalized spacial score (nSPS) is 14.6. The summed E-state index contributed by atoms with van der Waals surface area (Å²) in [5.74, 6) is 2.22. The van der Waals surface area contributed by atoms with E-state index in [1.807, 2.05) is 18.2 Å². The molecule has 0 spiro atoms. The molecule has 0 bridgehead atoms. The standard InChI is InChI=1S/C19H22O3SSe/c1-16(22-23(20,21)18-13-7-4-8-14-18)10-9-15-19(24-2)17-11-5-3-6-12-17/h3-14,16,19H,15H2,1-2H3/b10-9+. The van der Waals surface area contributed by atoms with Crippen LogP contribution in [-0.2, 0) is 14.3 Å². The first-order chi connectivity index (χ1) is 11.5. The van der Waals surface area contributed by atoms with Crippen molar-refractivity contribution in [3.63, 3.8) is 0 Å². The number of benzene rings is 2. The summed E-state index contributed by atoms with van der Waals surface area (Å²) in [7, 11) is -3.72. The van der Waals surface area contributed by atoms with Crippen LogP contribution in [0, 0.1) is 0 Å². The average molecular weight is 409 g/mol. The van der Waals surface area contributed by atoms with E-state index >= 15 is 0 Å². The number of hydrogen-bond acceptors (Lipinski definition) is 3. The molecule has 0 aliphatic rings. The molecule has 0 saturated heterocycles. The zero-order valence-corrected chi connectivity index (χ0v) is 16.4. The van der Waals surface area contributed by atoms with Crippen LogP contribution in [0.5, 0.6) is 0 Å². The van der Waals surface area contributed by atoms with Gasteiger partial charge in [0.25, 0.3) is 0 Å². The maximum absolute atomic E-state index is 12.2. The number of allylic oxidation sites excluding steroid dienone is 1. The van der Waals surface area contributed by atoms with Gasteiger partial charge in [0.1, 0.15) is 0 Å². The van der Waals surface area contributed by atoms with Gasteiger partial charge in [-0.1, -0.05) is 0 Å². The van der Waals surface area contributed by atoms with Gasteiger partial charge in [0.05, 0.1) is 0 Å². The molecule has 0 radical (unpaired) electrons. The van der Waals surface area contributed by atoms with E-state index in [1.165, 1.54) is 17.7 Å². The van der Waals surface area contributed by atoms with E-state index in [0.717, 1.165) is 6.42 Å². The van der Waals surface area contributed by atoms with Crippen LogP contribution >= 0.6 is 0 Å². The summed E-state index contributed by atoms with van der Waals surface area (Å²) in [5, 5.41) is 0. The van der Waals surface area contributed by atoms with E-state index in [1.54, 1.807) is 25.1 Å². The Labute approximate surface area is 151 Å². The summed E-state index contributed by atoms with van der Waals surface area (Å²) >= 11 is 0.478. The van der Waals surface area contributed by atoms with Crippen LogP contribution in [0.25, 0.3) is 0 Å². The van der Waals surface area contributed by atoms with Crippen molar-refractivity contribution in [3.8, 4) is 0 Å². The van der Waals surface area contributed by atoms with E-state index < -0.39 is 16.2 Å². The molecule has 128 valence electrons. The van der Waals surface area contributed by atoms with Gasteiger partial charge < -0.3 is 0 Å². The molecule has 2 aromatic rings. The molecular formula is C19H22O3SSe. The fraction of sp³-hybridized carbons (Fsp3) is 0.263. The van der Waals surface area contributed by atoms with Crippen LogP contribution in [0.4, 0.5) is 0 Å². The molecule has 0 aliphatic carbocycles. The molecule has 0 amide bonds. The van der Waals surface area contributed by atoms with Gasteiger partial charge in [0.15, 0.2) is 0 Å². The van der Waals surface area contributed by atoms with Gasteiger partial charge in [-0.2, -0.15) is 0 Å². The summed E-state index contributed by atoms with van der Waals surface area (Å²) < 4.78 is 29.6. The quantitative estimate of drug-likeness (QED) is 0.373. The molecule has 0 aromatic heterocycles. The van der Waals surface area contributed by atoms with Crippen LogP contribution in [0.1, 0.15) is 23.7 Å². The minimum absolute atomic E-state index is 0.185. The van der Waals surface area contributed by atoms with Crippen molar-refractivity contribution in [2.75, 3.05) is 0 Å². The zero-order valence-electron chi connectivity index (χ0n) is 13.8. The predicted octanol–water partition coefficient (Wildman–Crippen LogP) is 4.22. The molecule has 0 heterocycles. The Hall–Kier alpha value is -1.39. The van der Waals surface area contributed by atoms with Crippen LogP contribution in [-0.4, -0.2) is 29.5 Å². The van der Waals surface area contributed by atoms with Gasteiger partial charge in [-0.15, -0.1) is 0 Å². The summed E-state index contributed by atoms with van der Waals surface area (Å²) in [5.41, 5.74) is 1.33.